The van der Waals surface area contributed by atoms with E-state index in [1.54, 1.807) is 6.26 Å². The van der Waals surface area contributed by atoms with Crippen LogP contribution in [-0.2, 0) is 6.42 Å². The maximum absolute atomic E-state index is 5.63. The summed E-state index contributed by atoms with van der Waals surface area (Å²) in [5.74, 6) is 0.938. The van der Waals surface area contributed by atoms with E-state index in [0.717, 1.165) is 25.3 Å². The molecule has 1 aliphatic rings. The number of rotatable bonds is 3. The minimum atomic E-state index is 0.879. The molecule has 0 fully saturated rings. The fraction of sp³-hybridized carbons (Fsp3) is 0.235. The molecular weight excluding hydrogens is 234 g/mol. The molecule has 0 aliphatic carbocycles. The molecule has 0 saturated heterocycles. The van der Waals surface area contributed by atoms with E-state index in [9.17, 15) is 0 Å². The summed E-state index contributed by atoms with van der Waals surface area (Å²) in [6, 6.07) is 12.6. The first kappa shape index (κ1) is 12.0. The average molecular weight is 252 g/mol. The van der Waals surface area contributed by atoms with Crippen molar-refractivity contribution in [2.24, 2.45) is 0 Å². The fourth-order valence-corrected chi connectivity index (χ4v) is 2.69. The molecule has 2 nitrogen and oxygen atoms in total. The van der Waals surface area contributed by atoms with Crippen molar-refractivity contribution in [1.82, 2.24) is 0 Å². The van der Waals surface area contributed by atoms with Gasteiger partial charge in [0.05, 0.1) is 11.8 Å². The zero-order valence-corrected chi connectivity index (χ0v) is 11.2. The highest BCUT2D eigenvalue weighted by Gasteiger charge is 2.28. The molecule has 2 heteroatoms. The van der Waals surface area contributed by atoms with Gasteiger partial charge in [0.25, 0.3) is 5.71 Å². The van der Waals surface area contributed by atoms with Gasteiger partial charge >= 0.3 is 0 Å². The van der Waals surface area contributed by atoms with Crippen LogP contribution in [0.1, 0.15) is 23.8 Å². The normalized spacial score (nSPS) is 14.4. The second kappa shape index (κ2) is 4.88. The Morgan fingerprint density at radius 1 is 1.26 bits per heavy atom. The van der Waals surface area contributed by atoms with Gasteiger partial charge in [-0.15, -0.1) is 0 Å². The molecule has 0 atom stereocenters. The topological polar surface area (TPSA) is 16.1 Å². The molecule has 0 N–H and O–H groups in total. The first-order chi connectivity index (χ1) is 9.25. The quantitative estimate of drug-likeness (QED) is 0.605. The zero-order chi connectivity index (χ0) is 13.2. The minimum absolute atomic E-state index is 0.879. The van der Waals surface area contributed by atoms with Crippen LogP contribution in [0, 0.1) is 0 Å². The van der Waals surface area contributed by atoms with Crippen molar-refractivity contribution in [2.45, 2.75) is 13.3 Å². The van der Waals surface area contributed by atoms with E-state index in [1.807, 2.05) is 12.1 Å². The minimum Gasteiger partial charge on any atom is -0.458 e. The largest absolute Gasteiger partial charge is 0.458 e. The third-order valence-corrected chi connectivity index (χ3v) is 3.46. The molecule has 96 valence electrons. The van der Waals surface area contributed by atoms with Gasteiger partial charge in [0, 0.05) is 6.42 Å². The van der Waals surface area contributed by atoms with Crippen LogP contribution in [-0.4, -0.2) is 23.4 Å². The van der Waals surface area contributed by atoms with Crippen LogP contribution in [0.3, 0.4) is 0 Å². The Morgan fingerprint density at radius 2 is 2.11 bits per heavy atom. The first-order valence-electron chi connectivity index (χ1n) is 6.64. The van der Waals surface area contributed by atoms with Gasteiger partial charge in [-0.05, 0) is 36.3 Å². The fourth-order valence-electron chi connectivity index (χ4n) is 2.69. The molecule has 1 aromatic carbocycles. The van der Waals surface area contributed by atoms with Gasteiger partial charge < -0.3 is 4.42 Å². The van der Waals surface area contributed by atoms with Crippen LogP contribution < -0.4 is 0 Å². The van der Waals surface area contributed by atoms with Gasteiger partial charge in [-0.2, -0.15) is 0 Å². The summed E-state index contributed by atoms with van der Waals surface area (Å²) < 4.78 is 8.00. The molecule has 0 radical (unpaired) electrons. The van der Waals surface area contributed by atoms with Crippen molar-refractivity contribution in [3.8, 4) is 0 Å². The van der Waals surface area contributed by atoms with E-state index in [4.69, 9.17) is 4.42 Å². The van der Waals surface area contributed by atoms with Gasteiger partial charge in [0.2, 0.25) is 0 Å². The highest BCUT2D eigenvalue weighted by atomic mass is 16.3. The Morgan fingerprint density at radius 3 is 2.84 bits per heavy atom. The van der Waals surface area contributed by atoms with Crippen LogP contribution >= 0.6 is 0 Å². The summed E-state index contributed by atoms with van der Waals surface area (Å²) in [6.07, 6.45) is 2.81. The molecule has 19 heavy (non-hydrogen) atoms. The molecule has 2 heterocycles. The predicted molar refractivity (Wildman–Crippen MR) is 76.9 cm³/mol. The molecule has 0 spiro atoms. The highest BCUT2D eigenvalue weighted by Crippen LogP contribution is 2.20. The Balaban J connectivity index is 2.18. The maximum Gasteiger partial charge on any atom is 0.250 e. The standard InChI is InChI=1S/C17H18NO/c1-13(2)12-18-10-9-14-6-3-4-7-15(14)17(18)16-8-5-11-19-16/h3-8,11H,1,9-10,12H2,2H3/q+1. The number of hydrogen-bond acceptors (Lipinski definition) is 1. The van der Waals surface area contributed by atoms with Crippen LogP contribution in [0.4, 0.5) is 0 Å². The Bertz CT molecular complexity index is 635. The number of benzene rings is 1. The van der Waals surface area contributed by atoms with E-state index in [1.165, 1.54) is 22.4 Å². The number of fused-ring (bicyclic) bond motifs is 1. The van der Waals surface area contributed by atoms with Crippen molar-refractivity contribution in [2.75, 3.05) is 13.1 Å². The molecule has 0 saturated carbocycles. The van der Waals surface area contributed by atoms with Gasteiger partial charge in [0.15, 0.2) is 12.3 Å². The maximum atomic E-state index is 5.63. The van der Waals surface area contributed by atoms with Crippen molar-refractivity contribution in [3.05, 3.63) is 71.7 Å². The molecule has 3 rings (SSSR count). The molecule has 1 aromatic heterocycles. The van der Waals surface area contributed by atoms with Gasteiger partial charge in [0.1, 0.15) is 6.54 Å². The summed E-state index contributed by atoms with van der Waals surface area (Å²) in [5.41, 5.74) is 5.04. The van der Waals surface area contributed by atoms with Crippen LogP contribution in [0.25, 0.3) is 0 Å². The lowest BCUT2D eigenvalue weighted by molar-refractivity contribution is -0.520. The van der Waals surface area contributed by atoms with Gasteiger partial charge in [-0.25, -0.2) is 4.58 Å². The van der Waals surface area contributed by atoms with E-state index in [2.05, 4.69) is 42.3 Å². The third kappa shape index (κ3) is 2.26. The second-order valence-electron chi connectivity index (χ2n) is 5.11. The summed E-state index contributed by atoms with van der Waals surface area (Å²) in [6.45, 7) is 8.00. The summed E-state index contributed by atoms with van der Waals surface area (Å²) in [4.78, 5) is 0. The van der Waals surface area contributed by atoms with Gasteiger partial charge in [-0.3, -0.25) is 0 Å². The molecule has 0 unspecified atom stereocenters. The van der Waals surface area contributed by atoms with E-state index >= 15 is 0 Å². The van der Waals surface area contributed by atoms with Crippen LogP contribution in [0.15, 0.2) is 59.2 Å². The summed E-state index contributed by atoms with van der Waals surface area (Å²) in [5, 5.41) is 0. The molecule has 0 bridgehead atoms. The van der Waals surface area contributed by atoms with E-state index < -0.39 is 0 Å². The first-order valence-corrected chi connectivity index (χ1v) is 6.64. The van der Waals surface area contributed by atoms with Crippen LogP contribution in [0.5, 0.6) is 0 Å². The number of furan rings is 1. The SMILES string of the molecule is C=C(C)C[N+]1=C(c2ccco2)c2ccccc2CC1. The lowest BCUT2D eigenvalue weighted by Gasteiger charge is -2.17. The molecule has 2 aromatic rings. The van der Waals surface area contributed by atoms with E-state index in [0.29, 0.717) is 0 Å². The summed E-state index contributed by atoms with van der Waals surface area (Å²) >= 11 is 0. The van der Waals surface area contributed by atoms with Crippen molar-refractivity contribution in [3.63, 3.8) is 0 Å². The monoisotopic (exact) mass is 252 g/mol. The van der Waals surface area contributed by atoms with Crippen molar-refractivity contribution in [1.29, 1.82) is 0 Å². The Hall–Kier alpha value is -2.09. The van der Waals surface area contributed by atoms with Crippen molar-refractivity contribution < 1.29 is 8.99 Å². The Kier molecular flexibility index (Phi) is 3.08. The third-order valence-electron chi connectivity index (χ3n) is 3.46. The predicted octanol–water partition coefficient (Wildman–Crippen LogP) is 3.26. The lowest BCUT2D eigenvalue weighted by Crippen LogP contribution is -2.31. The molecule has 1 aliphatic heterocycles. The average Bonchev–Trinajstić information content (AvgIpc) is 2.91. The number of nitrogens with zero attached hydrogens (tertiary/aromatic N) is 1. The molecular formula is C17H18NO+. The van der Waals surface area contributed by atoms with Gasteiger partial charge in [-0.1, -0.05) is 24.8 Å². The number of hydrogen-bond donors (Lipinski definition) is 0. The Labute approximate surface area is 113 Å². The van der Waals surface area contributed by atoms with Crippen LogP contribution in [0.2, 0.25) is 0 Å². The van der Waals surface area contributed by atoms with E-state index in [-0.39, 0.29) is 0 Å². The lowest BCUT2D eigenvalue weighted by atomic mass is 9.95. The second-order valence-corrected chi connectivity index (χ2v) is 5.11. The molecule has 0 amide bonds. The summed E-state index contributed by atoms with van der Waals surface area (Å²) in [7, 11) is 0. The van der Waals surface area contributed by atoms with Crippen molar-refractivity contribution >= 4 is 5.71 Å². The zero-order valence-electron chi connectivity index (χ0n) is 11.2. The highest BCUT2D eigenvalue weighted by molar-refractivity contribution is 6.09. The smallest absolute Gasteiger partial charge is 0.250 e.